The highest BCUT2D eigenvalue weighted by molar-refractivity contribution is 6.32. The maximum absolute atomic E-state index is 12.7. The summed E-state index contributed by atoms with van der Waals surface area (Å²) in [5, 5.41) is 9.61. The van der Waals surface area contributed by atoms with E-state index in [9.17, 15) is 9.59 Å². The lowest BCUT2D eigenvalue weighted by molar-refractivity contribution is 0.0633. The minimum Gasteiger partial charge on any atom is -0.492 e. The molecule has 1 atom stereocenters. The van der Waals surface area contributed by atoms with Crippen molar-refractivity contribution < 1.29 is 19.4 Å². The van der Waals surface area contributed by atoms with Crippen molar-refractivity contribution in [2.24, 2.45) is 5.92 Å². The number of likely N-dealkylation sites (tertiary alicyclic amines) is 1. The molecule has 1 unspecified atom stereocenters. The van der Waals surface area contributed by atoms with Crippen molar-refractivity contribution in [1.82, 2.24) is 9.88 Å². The van der Waals surface area contributed by atoms with Crippen LogP contribution in [0.4, 0.5) is 0 Å². The minimum absolute atomic E-state index is 0.00598. The predicted octanol–water partition coefficient (Wildman–Crippen LogP) is 3.36. The third kappa shape index (κ3) is 4.32. The first-order chi connectivity index (χ1) is 12.5. The number of piperidine rings is 1. The molecule has 1 fully saturated rings. The number of carbonyl (C=O) groups is 2. The molecule has 3 rings (SSSR count). The van der Waals surface area contributed by atoms with Crippen molar-refractivity contribution in [3.8, 4) is 5.75 Å². The Kier molecular flexibility index (Phi) is 5.73. The summed E-state index contributed by atoms with van der Waals surface area (Å²) in [6, 6.07) is 8.66. The maximum atomic E-state index is 12.7. The number of carboxylic acid groups (broad SMARTS) is 1. The van der Waals surface area contributed by atoms with Gasteiger partial charge in [-0.05, 0) is 31.0 Å². The normalized spacial score (nSPS) is 17.0. The summed E-state index contributed by atoms with van der Waals surface area (Å²) in [6.07, 6.45) is 4.46. The van der Waals surface area contributed by atoms with Gasteiger partial charge in [-0.2, -0.15) is 0 Å². The lowest BCUT2D eigenvalue weighted by Crippen LogP contribution is -2.41. The molecule has 6 nitrogen and oxygen atoms in total. The molecule has 1 saturated heterocycles. The highest BCUT2D eigenvalue weighted by Gasteiger charge is 2.25. The molecule has 0 spiro atoms. The monoisotopic (exact) mass is 374 g/mol. The van der Waals surface area contributed by atoms with Crippen LogP contribution in [0.5, 0.6) is 5.75 Å². The van der Waals surface area contributed by atoms with Crippen molar-refractivity contribution in [1.29, 1.82) is 0 Å². The lowest BCUT2D eigenvalue weighted by atomic mass is 9.98. The standard InChI is InChI=1S/C19H19ClN2O4/c20-16-5-1-2-6-17(16)26-12-13-4-3-7-22(11-13)18(23)14-8-15(19(24)25)10-21-9-14/h1-2,5-6,8-10,13H,3-4,7,11-12H2,(H,24,25). The van der Waals surface area contributed by atoms with Gasteiger partial charge in [-0.25, -0.2) is 4.79 Å². The van der Waals surface area contributed by atoms with Crippen molar-refractivity contribution in [3.05, 3.63) is 58.9 Å². The van der Waals surface area contributed by atoms with Crippen LogP contribution in [-0.4, -0.2) is 46.6 Å². The van der Waals surface area contributed by atoms with Crippen molar-refractivity contribution in [2.45, 2.75) is 12.8 Å². The Morgan fingerprint density at radius 1 is 1.27 bits per heavy atom. The predicted molar refractivity (Wildman–Crippen MR) is 96.8 cm³/mol. The number of aromatic carboxylic acids is 1. The van der Waals surface area contributed by atoms with Crippen LogP contribution in [-0.2, 0) is 0 Å². The zero-order chi connectivity index (χ0) is 18.5. The van der Waals surface area contributed by atoms with Gasteiger partial charge in [0.15, 0.2) is 0 Å². The molecule has 1 aromatic heterocycles. The fraction of sp³-hybridized carbons (Fsp3) is 0.316. The van der Waals surface area contributed by atoms with Crippen LogP contribution in [0.2, 0.25) is 5.02 Å². The Bertz CT molecular complexity index is 812. The number of rotatable bonds is 5. The number of hydrogen-bond donors (Lipinski definition) is 1. The number of aromatic nitrogens is 1. The second-order valence-electron chi connectivity index (χ2n) is 6.27. The number of halogens is 1. The van der Waals surface area contributed by atoms with Gasteiger partial charge in [0.05, 0.1) is 22.8 Å². The fourth-order valence-electron chi connectivity index (χ4n) is 3.01. The van der Waals surface area contributed by atoms with Crippen molar-refractivity contribution >= 4 is 23.5 Å². The SMILES string of the molecule is O=C(O)c1cncc(C(=O)N2CCCC(COc3ccccc3Cl)C2)c1. The molecule has 0 saturated carbocycles. The summed E-state index contributed by atoms with van der Waals surface area (Å²) in [7, 11) is 0. The maximum Gasteiger partial charge on any atom is 0.337 e. The van der Waals surface area contributed by atoms with Crippen LogP contribution in [0.25, 0.3) is 0 Å². The summed E-state index contributed by atoms with van der Waals surface area (Å²) in [4.78, 5) is 29.3. The van der Waals surface area contributed by atoms with Gasteiger partial charge in [0.2, 0.25) is 0 Å². The Hall–Kier alpha value is -2.60. The first-order valence-electron chi connectivity index (χ1n) is 8.39. The number of amides is 1. The quantitative estimate of drug-likeness (QED) is 0.868. The van der Waals surface area contributed by atoms with Gasteiger partial charge in [0, 0.05) is 31.4 Å². The summed E-state index contributed by atoms with van der Waals surface area (Å²) < 4.78 is 5.80. The Balaban J connectivity index is 1.62. The van der Waals surface area contributed by atoms with Crippen LogP contribution >= 0.6 is 11.6 Å². The molecule has 1 aromatic carbocycles. The summed E-state index contributed by atoms with van der Waals surface area (Å²) in [5.41, 5.74) is 0.295. The summed E-state index contributed by atoms with van der Waals surface area (Å²) >= 11 is 6.10. The third-order valence-electron chi connectivity index (χ3n) is 4.35. The van der Waals surface area contributed by atoms with Crippen molar-refractivity contribution in [2.75, 3.05) is 19.7 Å². The zero-order valence-electron chi connectivity index (χ0n) is 14.1. The van der Waals surface area contributed by atoms with Crippen LogP contribution in [0, 0.1) is 5.92 Å². The summed E-state index contributed by atoms with van der Waals surface area (Å²) in [5.74, 6) is -0.476. The highest BCUT2D eigenvalue weighted by Crippen LogP contribution is 2.25. The Morgan fingerprint density at radius 2 is 2.04 bits per heavy atom. The van der Waals surface area contributed by atoms with Crippen LogP contribution in [0.3, 0.4) is 0 Å². The molecule has 1 amide bonds. The van der Waals surface area contributed by atoms with E-state index in [-0.39, 0.29) is 23.0 Å². The Labute approximate surface area is 156 Å². The van der Waals surface area contributed by atoms with E-state index in [2.05, 4.69) is 4.98 Å². The number of hydrogen-bond acceptors (Lipinski definition) is 4. The van der Waals surface area contributed by atoms with Crippen LogP contribution in [0.1, 0.15) is 33.6 Å². The number of para-hydroxylation sites is 1. The van der Waals surface area contributed by atoms with E-state index in [0.29, 0.717) is 30.5 Å². The molecular weight excluding hydrogens is 356 g/mol. The van der Waals surface area contributed by atoms with Crippen molar-refractivity contribution in [3.63, 3.8) is 0 Å². The number of carbonyl (C=O) groups excluding carboxylic acids is 1. The van der Waals surface area contributed by atoms with E-state index >= 15 is 0 Å². The molecule has 1 aliphatic rings. The molecule has 0 bridgehead atoms. The molecule has 1 aliphatic heterocycles. The molecule has 2 heterocycles. The largest absolute Gasteiger partial charge is 0.492 e. The van der Waals surface area contributed by atoms with Gasteiger partial charge in [-0.3, -0.25) is 9.78 Å². The van der Waals surface area contributed by atoms with E-state index in [0.717, 1.165) is 12.8 Å². The number of nitrogens with zero attached hydrogens (tertiary/aromatic N) is 2. The highest BCUT2D eigenvalue weighted by atomic mass is 35.5. The van der Waals surface area contributed by atoms with E-state index in [4.69, 9.17) is 21.4 Å². The number of pyridine rings is 1. The first kappa shape index (κ1) is 18.2. The van der Waals surface area contributed by atoms with E-state index in [1.165, 1.54) is 18.5 Å². The minimum atomic E-state index is -1.10. The fourth-order valence-corrected chi connectivity index (χ4v) is 3.20. The number of carboxylic acids is 1. The molecule has 0 radical (unpaired) electrons. The number of ether oxygens (including phenoxy) is 1. The molecule has 1 N–H and O–H groups in total. The van der Waals surface area contributed by atoms with Gasteiger partial charge < -0.3 is 14.7 Å². The first-order valence-corrected chi connectivity index (χ1v) is 8.77. The average molecular weight is 375 g/mol. The second-order valence-corrected chi connectivity index (χ2v) is 6.68. The average Bonchev–Trinajstić information content (AvgIpc) is 2.67. The zero-order valence-corrected chi connectivity index (χ0v) is 14.9. The topological polar surface area (TPSA) is 79.7 Å². The van der Waals surface area contributed by atoms with E-state index < -0.39 is 5.97 Å². The molecular formula is C19H19ClN2O4. The molecule has 2 aromatic rings. The van der Waals surface area contributed by atoms with Gasteiger partial charge in [0.1, 0.15) is 5.75 Å². The van der Waals surface area contributed by atoms with Gasteiger partial charge >= 0.3 is 5.97 Å². The lowest BCUT2D eigenvalue weighted by Gasteiger charge is -2.32. The van der Waals surface area contributed by atoms with Crippen LogP contribution < -0.4 is 4.74 Å². The molecule has 7 heteroatoms. The van der Waals surface area contributed by atoms with Gasteiger partial charge in [0.25, 0.3) is 5.91 Å². The van der Waals surface area contributed by atoms with Gasteiger partial charge in [-0.1, -0.05) is 23.7 Å². The summed E-state index contributed by atoms with van der Waals surface area (Å²) in [6.45, 7) is 1.67. The van der Waals surface area contributed by atoms with E-state index in [1.807, 2.05) is 18.2 Å². The van der Waals surface area contributed by atoms with Gasteiger partial charge in [-0.15, -0.1) is 0 Å². The van der Waals surface area contributed by atoms with Crippen LogP contribution in [0.15, 0.2) is 42.7 Å². The molecule has 136 valence electrons. The third-order valence-corrected chi connectivity index (χ3v) is 4.66. The molecule has 0 aliphatic carbocycles. The number of benzene rings is 1. The van der Waals surface area contributed by atoms with E-state index in [1.54, 1.807) is 11.0 Å². The Morgan fingerprint density at radius 3 is 2.81 bits per heavy atom. The smallest absolute Gasteiger partial charge is 0.337 e. The second kappa shape index (κ2) is 8.19. The molecule has 26 heavy (non-hydrogen) atoms.